The van der Waals surface area contributed by atoms with Crippen molar-refractivity contribution >= 4 is 25.7 Å². The zero-order valence-electron chi connectivity index (χ0n) is 35.4. The third-order valence-electron chi connectivity index (χ3n) is 9.81. The molecule has 1 rings (SSSR count). The minimum Gasteiger partial charge on any atom is -0.480 e. The number of carbonyl (C=O) groups is 3. The van der Waals surface area contributed by atoms with Crippen molar-refractivity contribution in [2.24, 2.45) is 17.6 Å². The number of aliphatic hydroxyl groups is 3. The molecule has 0 aromatic carbocycles. The Balaban J connectivity index is 2.55. The largest absolute Gasteiger partial charge is 0.480 e. The summed E-state index contributed by atoms with van der Waals surface area (Å²) in [4.78, 5) is 46.1. The second-order valence-corrected chi connectivity index (χ2v) is 16.5. The smallest absolute Gasteiger partial charge is 0.472 e. The molecule has 14 nitrogen and oxygen atoms in total. The Bertz CT molecular complexity index is 1350. The van der Waals surface area contributed by atoms with Gasteiger partial charge in [-0.05, 0) is 76.5 Å². The molecule has 15 heteroatoms. The number of phosphoric acid groups is 1. The zero-order valence-corrected chi connectivity index (χ0v) is 36.3. The van der Waals surface area contributed by atoms with E-state index in [-0.39, 0.29) is 31.1 Å². The lowest BCUT2D eigenvalue weighted by molar-refractivity contribution is -0.161. The van der Waals surface area contributed by atoms with Crippen molar-refractivity contribution < 1.29 is 62.8 Å². The van der Waals surface area contributed by atoms with Crippen molar-refractivity contribution in [2.45, 2.75) is 166 Å². The molecule has 8 atom stereocenters. The Morgan fingerprint density at radius 3 is 1.98 bits per heavy atom. The highest BCUT2D eigenvalue weighted by molar-refractivity contribution is 7.47. The van der Waals surface area contributed by atoms with Crippen molar-refractivity contribution in [3.63, 3.8) is 0 Å². The highest BCUT2D eigenvalue weighted by Gasteiger charge is 2.39. The van der Waals surface area contributed by atoms with E-state index in [0.717, 1.165) is 51.4 Å². The Morgan fingerprint density at radius 2 is 1.32 bits per heavy atom. The van der Waals surface area contributed by atoms with Gasteiger partial charge in [-0.2, -0.15) is 0 Å². The SMILES string of the molecule is CCCCC/C=C\C/C=C\C/C=C\CCCCC(=O)O[C@H](COC(=O)CCC/C=C/C[C@@H]1[C@@H](/C=C/[C@@H](O)CCCCC)[C@H](O)C[C@@H]1O)COP(=O)(O)OC[C@H](N)C(=O)O. The maximum absolute atomic E-state index is 12.6. The molecule has 1 aliphatic carbocycles. The highest BCUT2D eigenvalue weighted by atomic mass is 31.2. The number of phosphoric ester groups is 1. The molecule has 0 aromatic rings. The summed E-state index contributed by atoms with van der Waals surface area (Å²) >= 11 is 0. The first kappa shape index (κ1) is 54.1. The van der Waals surface area contributed by atoms with E-state index >= 15 is 0 Å². The molecule has 0 aromatic heterocycles. The summed E-state index contributed by atoms with van der Waals surface area (Å²) in [6, 6.07) is -1.57. The molecule has 1 saturated carbocycles. The van der Waals surface area contributed by atoms with Crippen LogP contribution in [0.25, 0.3) is 0 Å². The lowest BCUT2D eigenvalue weighted by Crippen LogP contribution is -2.34. The van der Waals surface area contributed by atoms with Gasteiger partial charge in [0.15, 0.2) is 6.10 Å². The maximum Gasteiger partial charge on any atom is 0.472 e. The quantitative estimate of drug-likeness (QED) is 0.0156. The monoisotopic (exact) mass is 855 g/mol. The number of hydrogen-bond donors (Lipinski definition) is 6. The van der Waals surface area contributed by atoms with Crippen LogP contribution < -0.4 is 5.73 Å². The minimum absolute atomic E-state index is 0.0338. The van der Waals surface area contributed by atoms with Crippen LogP contribution in [-0.4, -0.2) is 93.5 Å². The Kier molecular flexibility index (Phi) is 30.9. The topological polar surface area (TPSA) is 232 Å². The number of rotatable bonds is 35. The van der Waals surface area contributed by atoms with Crippen molar-refractivity contribution in [1.82, 2.24) is 0 Å². The molecule has 7 N–H and O–H groups in total. The number of ether oxygens (including phenoxy) is 2. The van der Waals surface area contributed by atoms with E-state index in [4.69, 9.17) is 24.8 Å². The van der Waals surface area contributed by atoms with E-state index in [1.165, 1.54) is 19.3 Å². The molecule has 0 bridgehead atoms. The van der Waals surface area contributed by atoms with E-state index < -0.39 is 76.0 Å². The van der Waals surface area contributed by atoms with Crippen molar-refractivity contribution in [3.05, 3.63) is 60.8 Å². The van der Waals surface area contributed by atoms with Crippen LogP contribution in [0.4, 0.5) is 0 Å². The summed E-state index contributed by atoms with van der Waals surface area (Å²) < 4.78 is 32.6. The molecular weight excluding hydrogens is 781 g/mol. The summed E-state index contributed by atoms with van der Waals surface area (Å²) in [6.07, 6.45) is 31.1. The molecule has 1 unspecified atom stereocenters. The summed E-state index contributed by atoms with van der Waals surface area (Å²) in [5, 5.41) is 40.2. The molecule has 59 heavy (non-hydrogen) atoms. The van der Waals surface area contributed by atoms with Gasteiger partial charge in [-0.1, -0.05) is 107 Å². The van der Waals surface area contributed by atoms with E-state index in [1.807, 2.05) is 18.2 Å². The molecule has 1 fully saturated rings. The predicted octanol–water partition coefficient (Wildman–Crippen LogP) is 7.55. The van der Waals surface area contributed by atoms with Gasteiger partial charge in [0.1, 0.15) is 12.6 Å². The molecular formula is C44H74NO13P. The number of allylic oxidation sites excluding steroid dienone is 8. The average molecular weight is 856 g/mol. The van der Waals surface area contributed by atoms with E-state index in [0.29, 0.717) is 32.1 Å². The molecule has 0 saturated heterocycles. The van der Waals surface area contributed by atoms with Gasteiger partial charge < -0.3 is 40.5 Å². The third-order valence-corrected chi connectivity index (χ3v) is 10.8. The van der Waals surface area contributed by atoms with E-state index in [1.54, 1.807) is 6.08 Å². The molecule has 0 radical (unpaired) electrons. The number of unbranched alkanes of at least 4 members (excludes halogenated alkanes) is 8. The van der Waals surface area contributed by atoms with Crippen LogP contribution in [0.5, 0.6) is 0 Å². The number of aliphatic hydroxyl groups excluding tert-OH is 3. The molecule has 0 heterocycles. The van der Waals surface area contributed by atoms with Crippen LogP contribution in [0.3, 0.4) is 0 Å². The molecule has 0 amide bonds. The summed E-state index contributed by atoms with van der Waals surface area (Å²) in [5.74, 6) is -3.12. The van der Waals surface area contributed by atoms with Crippen LogP contribution in [0.1, 0.15) is 136 Å². The molecule has 1 aliphatic rings. The predicted molar refractivity (Wildman–Crippen MR) is 228 cm³/mol. The van der Waals surface area contributed by atoms with Crippen LogP contribution in [-0.2, 0) is 37.5 Å². The van der Waals surface area contributed by atoms with Crippen molar-refractivity contribution in [2.75, 3.05) is 19.8 Å². The lowest BCUT2D eigenvalue weighted by Gasteiger charge is -2.20. The number of carboxylic acid groups (broad SMARTS) is 1. The van der Waals surface area contributed by atoms with Gasteiger partial charge in [-0.15, -0.1) is 0 Å². The first-order chi connectivity index (χ1) is 28.3. The van der Waals surface area contributed by atoms with Gasteiger partial charge in [-0.25, -0.2) is 4.57 Å². The molecule has 0 aliphatic heterocycles. The summed E-state index contributed by atoms with van der Waals surface area (Å²) in [5.41, 5.74) is 5.32. The average Bonchev–Trinajstić information content (AvgIpc) is 3.47. The van der Waals surface area contributed by atoms with Gasteiger partial charge in [0.05, 0.1) is 31.5 Å². The van der Waals surface area contributed by atoms with E-state index in [9.17, 15) is 39.2 Å². The highest BCUT2D eigenvalue weighted by Crippen LogP contribution is 2.43. The number of carboxylic acids is 1. The number of nitrogens with two attached hydrogens (primary N) is 1. The van der Waals surface area contributed by atoms with Gasteiger partial charge in [0.25, 0.3) is 0 Å². The van der Waals surface area contributed by atoms with Crippen molar-refractivity contribution in [3.8, 4) is 0 Å². The van der Waals surface area contributed by atoms with Crippen LogP contribution in [0.2, 0.25) is 0 Å². The van der Waals surface area contributed by atoms with Gasteiger partial charge in [-0.3, -0.25) is 23.4 Å². The Hall–Kier alpha value is -2.94. The lowest BCUT2D eigenvalue weighted by atomic mass is 9.89. The molecule has 0 spiro atoms. The van der Waals surface area contributed by atoms with E-state index in [2.05, 4.69) is 54.8 Å². The second-order valence-electron chi connectivity index (χ2n) is 15.1. The number of esters is 2. The fourth-order valence-electron chi connectivity index (χ4n) is 6.30. The van der Waals surface area contributed by atoms with Gasteiger partial charge >= 0.3 is 25.7 Å². The number of carbonyl (C=O) groups excluding carboxylic acids is 2. The van der Waals surface area contributed by atoms with Gasteiger partial charge in [0, 0.05) is 25.2 Å². The normalized spacial score (nSPS) is 21.2. The van der Waals surface area contributed by atoms with Gasteiger partial charge in [0.2, 0.25) is 0 Å². The standard InChI is InChI=1S/C44H74NO13P/c1-3-5-7-8-9-10-11-12-13-14-15-16-17-18-24-28-43(50)58-36(33-56-59(53,54)57-34-39(45)44(51)52)32-55-42(49)27-23-20-19-22-26-37-38(41(48)31-40(37)47)30-29-35(46)25-21-6-4-2/h9-10,12-13,15-16,19,22,29-30,35-41,46-48H,3-8,11,14,17-18,20-21,23-28,31-34,45H2,1-2H3,(H,51,52)(H,53,54)/b10-9-,13-12-,16-15-,22-19+,30-29+/t35-,36+,37+,38+,39-,40-,41+/m0/s1. The van der Waals surface area contributed by atoms with Crippen LogP contribution >= 0.6 is 7.82 Å². The maximum atomic E-state index is 12.6. The van der Waals surface area contributed by atoms with Crippen LogP contribution in [0, 0.1) is 11.8 Å². The Labute approximate surface area is 352 Å². The minimum atomic E-state index is -4.79. The zero-order chi connectivity index (χ0) is 43.7. The third kappa shape index (κ3) is 28.3. The van der Waals surface area contributed by atoms with Crippen LogP contribution in [0.15, 0.2) is 60.8 Å². The fraction of sp³-hybridized carbons (Fsp3) is 0.705. The first-order valence-corrected chi connectivity index (χ1v) is 23.1. The fourth-order valence-corrected chi connectivity index (χ4v) is 7.08. The number of hydrogen-bond acceptors (Lipinski definition) is 12. The second kappa shape index (κ2) is 33.7. The summed E-state index contributed by atoms with van der Waals surface area (Å²) in [6.45, 7) is 2.37. The first-order valence-electron chi connectivity index (χ1n) is 21.6. The van der Waals surface area contributed by atoms with Crippen molar-refractivity contribution in [1.29, 1.82) is 0 Å². The molecule has 338 valence electrons. The Morgan fingerprint density at radius 1 is 0.746 bits per heavy atom. The number of aliphatic carboxylic acids is 1. The summed E-state index contributed by atoms with van der Waals surface area (Å²) in [7, 11) is -4.79.